The molecule has 190 valence electrons. The number of phenolic OH excluding ortho intramolecular Hbond substituents is 1. The molecule has 6 rings (SSSR count). The minimum atomic E-state index is -0.970. The number of aryl methyl sites for hydroxylation is 1. The Balaban J connectivity index is 1.37. The van der Waals surface area contributed by atoms with Gasteiger partial charge in [-0.15, -0.1) is 0 Å². The number of hydrogen-bond acceptors (Lipinski definition) is 5. The van der Waals surface area contributed by atoms with E-state index < -0.39 is 17.8 Å². The Labute approximate surface area is 222 Å². The van der Waals surface area contributed by atoms with Crippen molar-refractivity contribution in [1.29, 1.82) is 0 Å². The number of fused-ring (bicyclic) bond motifs is 2. The Hall–Kier alpha value is -5.49. The molecule has 0 bridgehead atoms. The number of nitrogens with one attached hydrogen (secondary N) is 2. The van der Waals surface area contributed by atoms with Crippen LogP contribution in [0.1, 0.15) is 39.0 Å². The van der Waals surface area contributed by atoms with Gasteiger partial charge in [-0.1, -0.05) is 24.0 Å². The van der Waals surface area contributed by atoms with Crippen LogP contribution in [0.25, 0.3) is 21.9 Å². The molecule has 8 nitrogen and oxygen atoms in total. The number of aromatic amines is 1. The van der Waals surface area contributed by atoms with Crippen LogP contribution in [-0.2, 0) is 7.05 Å². The Kier molecular flexibility index (Phi) is 5.98. The molecule has 3 aromatic carbocycles. The number of amides is 1. The Morgan fingerprint density at radius 1 is 1.05 bits per heavy atom. The summed E-state index contributed by atoms with van der Waals surface area (Å²) >= 11 is 0. The van der Waals surface area contributed by atoms with Crippen molar-refractivity contribution < 1.29 is 14.3 Å². The fourth-order valence-electron chi connectivity index (χ4n) is 4.44. The molecule has 39 heavy (non-hydrogen) atoms. The van der Waals surface area contributed by atoms with Crippen LogP contribution < -0.4 is 5.32 Å². The third-order valence-corrected chi connectivity index (χ3v) is 6.34. The SMILES string of the molecule is Cn1nc(C(=O)NC(c2nc3ccccc3[nH]2)c2cc(F)ccc2O)c2ccc(C#Cc3cccnc3)cc21. The molecule has 3 N–H and O–H groups in total. The van der Waals surface area contributed by atoms with E-state index in [1.165, 1.54) is 12.1 Å². The second-order valence-corrected chi connectivity index (χ2v) is 8.94. The highest BCUT2D eigenvalue weighted by atomic mass is 19.1. The number of para-hydroxylation sites is 2. The average Bonchev–Trinajstić information content (AvgIpc) is 3.53. The van der Waals surface area contributed by atoms with E-state index in [-0.39, 0.29) is 17.0 Å². The van der Waals surface area contributed by atoms with E-state index in [9.17, 15) is 14.3 Å². The maximum absolute atomic E-state index is 14.2. The summed E-state index contributed by atoms with van der Waals surface area (Å²) in [5, 5.41) is 18.5. The first kappa shape index (κ1) is 23.9. The monoisotopic (exact) mass is 516 g/mol. The quantitative estimate of drug-likeness (QED) is 0.297. The van der Waals surface area contributed by atoms with Crippen molar-refractivity contribution in [2.24, 2.45) is 7.05 Å². The van der Waals surface area contributed by atoms with Crippen LogP contribution in [0.2, 0.25) is 0 Å². The number of carbonyl (C=O) groups excluding carboxylic acids is 1. The molecule has 0 spiro atoms. The van der Waals surface area contributed by atoms with E-state index in [1.54, 1.807) is 30.2 Å². The molecular weight excluding hydrogens is 495 g/mol. The predicted octanol–water partition coefficient (Wildman–Crippen LogP) is 4.61. The minimum Gasteiger partial charge on any atom is -0.508 e. The van der Waals surface area contributed by atoms with E-state index >= 15 is 0 Å². The summed E-state index contributed by atoms with van der Waals surface area (Å²) in [6.07, 6.45) is 3.38. The van der Waals surface area contributed by atoms with Gasteiger partial charge in [0.25, 0.3) is 5.91 Å². The van der Waals surface area contributed by atoms with Crippen LogP contribution in [0.15, 0.2) is 85.2 Å². The summed E-state index contributed by atoms with van der Waals surface area (Å²) in [6.45, 7) is 0. The second kappa shape index (κ2) is 9.76. The smallest absolute Gasteiger partial charge is 0.273 e. The van der Waals surface area contributed by atoms with Gasteiger partial charge < -0.3 is 15.4 Å². The van der Waals surface area contributed by atoms with Gasteiger partial charge in [0.2, 0.25) is 0 Å². The molecule has 0 fully saturated rings. The fraction of sp³-hybridized carbons (Fsp3) is 0.0667. The third-order valence-electron chi connectivity index (χ3n) is 6.34. The van der Waals surface area contributed by atoms with Crippen molar-refractivity contribution >= 4 is 27.8 Å². The summed E-state index contributed by atoms with van der Waals surface area (Å²) in [6, 6.07) is 19.1. The van der Waals surface area contributed by atoms with Crippen molar-refractivity contribution in [3.63, 3.8) is 0 Å². The normalized spacial score (nSPS) is 11.7. The maximum atomic E-state index is 14.2. The van der Waals surface area contributed by atoms with E-state index in [0.29, 0.717) is 22.2 Å². The highest BCUT2D eigenvalue weighted by Gasteiger charge is 2.26. The Morgan fingerprint density at radius 3 is 2.72 bits per heavy atom. The molecule has 3 aromatic heterocycles. The van der Waals surface area contributed by atoms with Gasteiger partial charge in [0.1, 0.15) is 23.4 Å². The molecule has 0 saturated heterocycles. The lowest BCUT2D eigenvalue weighted by Crippen LogP contribution is -2.30. The largest absolute Gasteiger partial charge is 0.508 e. The summed E-state index contributed by atoms with van der Waals surface area (Å²) < 4.78 is 15.8. The van der Waals surface area contributed by atoms with Crippen LogP contribution in [0, 0.1) is 17.7 Å². The Morgan fingerprint density at radius 2 is 1.90 bits per heavy atom. The molecule has 0 aliphatic carbocycles. The topological polar surface area (TPSA) is 109 Å². The number of imidazole rings is 1. The van der Waals surface area contributed by atoms with Crippen molar-refractivity contribution in [1.82, 2.24) is 30.0 Å². The lowest BCUT2D eigenvalue weighted by molar-refractivity contribution is 0.0937. The first-order valence-electron chi connectivity index (χ1n) is 12.1. The van der Waals surface area contributed by atoms with Crippen LogP contribution in [0.3, 0.4) is 0 Å². The highest BCUT2D eigenvalue weighted by molar-refractivity contribution is 6.05. The number of hydrogen-bond donors (Lipinski definition) is 3. The van der Waals surface area contributed by atoms with Gasteiger partial charge in [-0.3, -0.25) is 14.5 Å². The lowest BCUT2D eigenvalue weighted by Gasteiger charge is -2.18. The summed E-state index contributed by atoms with van der Waals surface area (Å²) in [5.74, 6) is 5.29. The van der Waals surface area contributed by atoms with Crippen molar-refractivity contribution in [2.75, 3.05) is 0 Å². The minimum absolute atomic E-state index is 0.163. The Bertz CT molecular complexity index is 1880. The first-order chi connectivity index (χ1) is 19.0. The zero-order valence-corrected chi connectivity index (χ0v) is 20.7. The zero-order valence-electron chi connectivity index (χ0n) is 20.7. The summed E-state index contributed by atoms with van der Waals surface area (Å²) in [4.78, 5) is 25.4. The number of aromatic hydroxyl groups is 1. The lowest BCUT2D eigenvalue weighted by atomic mass is 10.0. The van der Waals surface area contributed by atoms with Crippen LogP contribution >= 0.6 is 0 Å². The number of nitrogens with zero attached hydrogens (tertiary/aromatic N) is 4. The molecule has 1 unspecified atom stereocenters. The van der Waals surface area contributed by atoms with E-state index in [1.807, 2.05) is 48.5 Å². The number of carbonyl (C=O) groups is 1. The van der Waals surface area contributed by atoms with Gasteiger partial charge in [0, 0.05) is 41.5 Å². The van der Waals surface area contributed by atoms with Gasteiger partial charge in [-0.25, -0.2) is 9.37 Å². The number of pyridine rings is 1. The average molecular weight is 517 g/mol. The van der Waals surface area contributed by atoms with Crippen molar-refractivity contribution in [3.8, 4) is 17.6 Å². The third kappa shape index (κ3) is 4.67. The molecular formula is C30H21FN6O2. The summed E-state index contributed by atoms with van der Waals surface area (Å²) in [7, 11) is 1.74. The summed E-state index contributed by atoms with van der Waals surface area (Å²) in [5.41, 5.74) is 4.02. The molecule has 0 radical (unpaired) electrons. The standard InChI is InChI=1S/C30H21FN6O2/c1-37-25-15-18(8-9-19-5-4-14-32-17-19)10-12-21(25)28(36-37)30(39)35-27(22-16-20(31)11-13-26(22)38)29-33-23-6-2-3-7-24(23)34-29/h2-7,10-17,27,38H,1H3,(H,33,34)(H,35,39). The second-order valence-electron chi connectivity index (χ2n) is 8.94. The van der Waals surface area contributed by atoms with Gasteiger partial charge in [-0.2, -0.15) is 5.10 Å². The van der Waals surface area contributed by atoms with Gasteiger partial charge in [-0.05, 0) is 60.7 Å². The molecule has 6 aromatic rings. The van der Waals surface area contributed by atoms with Gasteiger partial charge >= 0.3 is 0 Å². The van der Waals surface area contributed by atoms with E-state index in [0.717, 1.165) is 22.7 Å². The predicted molar refractivity (Wildman–Crippen MR) is 144 cm³/mol. The van der Waals surface area contributed by atoms with Crippen LogP contribution in [0.4, 0.5) is 4.39 Å². The number of halogens is 1. The highest BCUT2D eigenvalue weighted by Crippen LogP contribution is 2.31. The number of phenols is 1. The first-order valence-corrected chi connectivity index (χ1v) is 12.1. The molecule has 3 heterocycles. The van der Waals surface area contributed by atoms with Gasteiger partial charge in [0.05, 0.1) is 16.6 Å². The van der Waals surface area contributed by atoms with E-state index in [4.69, 9.17) is 0 Å². The van der Waals surface area contributed by atoms with Crippen molar-refractivity contribution in [3.05, 3.63) is 119 Å². The van der Waals surface area contributed by atoms with Crippen molar-refractivity contribution in [2.45, 2.75) is 6.04 Å². The molecule has 9 heteroatoms. The molecule has 0 saturated carbocycles. The molecule has 0 aliphatic heterocycles. The molecule has 1 amide bonds. The number of H-pyrrole nitrogens is 1. The van der Waals surface area contributed by atoms with Crippen LogP contribution in [0.5, 0.6) is 5.75 Å². The fourth-order valence-corrected chi connectivity index (χ4v) is 4.44. The molecule has 0 aliphatic rings. The van der Waals surface area contributed by atoms with Crippen LogP contribution in [-0.4, -0.2) is 35.7 Å². The zero-order chi connectivity index (χ0) is 26.9. The number of benzene rings is 3. The number of rotatable bonds is 4. The van der Waals surface area contributed by atoms with E-state index in [2.05, 4.69) is 37.2 Å². The maximum Gasteiger partial charge on any atom is 0.273 e. The molecule has 1 atom stereocenters. The van der Waals surface area contributed by atoms with Gasteiger partial charge in [0.15, 0.2) is 5.69 Å². The number of aromatic nitrogens is 5.